The number of ether oxygens (including phenoxy) is 4. The number of benzene rings is 2. The fourth-order valence-electron chi connectivity index (χ4n) is 3.60. The van der Waals surface area contributed by atoms with E-state index in [1.54, 1.807) is 18.2 Å². The molecule has 0 spiro atoms. The zero-order chi connectivity index (χ0) is 22.8. The molecule has 0 aromatic heterocycles. The van der Waals surface area contributed by atoms with Crippen LogP contribution < -0.4 is 14.2 Å². The smallest absolute Gasteiger partial charge is 0.229 e. The number of hydrogen-bond donors (Lipinski definition) is 5. The van der Waals surface area contributed by atoms with E-state index < -0.39 is 37.3 Å². The molecular weight excluding hydrogens is 424 g/mol. The van der Waals surface area contributed by atoms with Crippen molar-refractivity contribution in [2.75, 3.05) is 19.8 Å². The lowest BCUT2D eigenvalue weighted by molar-refractivity contribution is -0.277. The number of fused-ring (bicyclic) bond motifs is 1. The third kappa shape index (κ3) is 4.50. The highest BCUT2D eigenvalue weighted by Gasteiger charge is 2.44. The van der Waals surface area contributed by atoms with Gasteiger partial charge in [-0.15, -0.1) is 0 Å². The van der Waals surface area contributed by atoms with Gasteiger partial charge in [-0.1, -0.05) is 6.07 Å². The van der Waals surface area contributed by atoms with E-state index in [4.69, 9.17) is 18.9 Å². The molecule has 2 aliphatic rings. The van der Waals surface area contributed by atoms with Crippen LogP contribution in [0.1, 0.15) is 15.9 Å². The van der Waals surface area contributed by atoms with Crippen LogP contribution in [0.3, 0.4) is 0 Å². The van der Waals surface area contributed by atoms with Gasteiger partial charge in [-0.3, -0.25) is 4.79 Å². The Hall–Kier alpha value is -2.89. The minimum Gasteiger partial charge on any atom is -0.507 e. The second-order valence-electron chi connectivity index (χ2n) is 7.57. The van der Waals surface area contributed by atoms with Crippen LogP contribution in [0, 0.1) is 0 Å². The van der Waals surface area contributed by atoms with Gasteiger partial charge < -0.3 is 44.5 Å². The van der Waals surface area contributed by atoms with E-state index in [2.05, 4.69) is 0 Å². The molecule has 2 aromatic rings. The van der Waals surface area contributed by atoms with Crippen molar-refractivity contribution in [2.24, 2.45) is 0 Å². The van der Waals surface area contributed by atoms with Crippen molar-refractivity contribution < 1.29 is 49.3 Å². The van der Waals surface area contributed by atoms with Crippen molar-refractivity contribution in [3.8, 4) is 23.0 Å². The normalized spacial score (nSPS) is 27.1. The molecule has 172 valence electrons. The summed E-state index contributed by atoms with van der Waals surface area (Å²) in [6, 6.07) is 9.15. The fraction of sp³-hybridized carbons (Fsp3) is 0.409. The predicted molar refractivity (Wildman–Crippen MR) is 108 cm³/mol. The SMILES string of the molecule is O=C(Cc1ccc2c(c1)OCCO2)c1ccc(O[C@@H]2O[C@@H](CO)[C@@H](O)[C@@H](O)[C@@H]2O)cc1O. The van der Waals surface area contributed by atoms with Gasteiger partial charge in [0, 0.05) is 12.5 Å². The molecule has 5 N–H and O–H groups in total. The quantitative estimate of drug-likeness (QED) is 0.374. The first-order valence-corrected chi connectivity index (χ1v) is 10.1. The number of carbonyl (C=O) groups excluding carboxylic acids is 1. The number of ketones is 1. The highest BCUT2D eigenvalue weighted by atomic mass is 16.7. The number of rotatable bonds is 6. The van der Waals surface area contributed by atoms with Crippen molar-refractivity contribution >= 4 is 5.78 Å². The van der Waals surface area contributed by atoms with Crippen LogP contribution in [-0.2, 0) is 11.2 Å². The average Bonchev–Trinajstić information content (AvgIpc) is 2.79. The van der Waals surface area contributed by atoms with E-state index in [1.807, 2.05) is 0 Å². The summed E-state index contributed by atoms with van der Waals surface area (Å²) in [5.41, 5.74) is 0.765. The first-order valence-electron chi connectivity index (χ1n) is 10.1. The molecule has 0 unspecified atom stereocenters. The van der Waals surface area contributed by atoms with Crippen LogP contribution >= 0.6 is 0 Å². The monoisotopic (exact) mass is 448 g/mol. The van der Waals surface area contributed by atoms with Crippen LogP contribution in [0.25, 0.3) is 0 Å². The molecule has 32 heavy (non-hydrogen) atoms. The van der Waals surface area contributed by atoms with E-state index in [-0.39, 0.29) is 29.3 Å². The number of aliphatic hydroxyl groups excluding tert-OH is 4. The van der Waals surface area contributed by atoms with Crippen molar-refractivity contribution in [3.05, 3.63) is 47.5 Å². The molecule has 2 aromatic carbocycles. The molecule has 4 rings (SSSR count). The Bertz CT molecular complexity index is 975. The van der Waals surface area contributed by atoms with Crippen LogP contribution in [0.5, 0.6) is 23.0 Å². The molecule has 2 heterocycles. The molecule has 0 saturated carbocycles. The second kappa shape index (κ2) is 9.31. The maximum absolute atomic E-state index is 12.7. The highest BCUT2D eigenvalue weighted by molar-refractivity contribution is 6.00. The molecule has 5 atom stereocenters. The number of hydrogen-bond acceptors (Lipinski definition) is 10. The van der Waals surface area contributed by atoms with Crippen LogP contribution in [0.15, 0.2) is 36.4 Å². The van der Waals surface area contributed by atoms with Crippen LogP contribution in [0.4, 0.5) is 0 Å². The van der Waals surface area contributed by atoms with E-state index in [1.165, 1.54) is 18.2 Å². The summed E-state index contributed by atoms with van der Waals surface area (Å²) in [4.78, 5) is 12.7. The van der Waals surface area contributed by atoms with Gasteiger partial charge in [0.15, 0.2) is 17.3 Å². The predicted octanol–water partition coefficient (Wildman–Crippen LogP) is -0.233. The van der Waals surface area contributed by atoms with Crippen molar-refractivity contribution in [2.45, 2.75) is 37.1 Å². The van der Waals surface area contributed by atoms with E-state index in [9.17, 15) is 30.3 Å². The maximum Gasteiger partial charge on any atom is 0.229 e. The summed E-state index contributed by atoms with van der Waals surface area (Å²) in [5.74, 6) is 0.565. The summed E-state index contributed by atoms with van der Waals surface area (Å²) < 4.78 is 21.7. The molecule has 0 radical (unpaired) electrons. The first-order chi connectivity index (χ1) is 15.4. The molecule has 1 saturated heterocycles. The van der Waals surface area contributed by atoms with Gasteiger partial charge in [-0.25, -0.2) is 0 Å². The third-order valence-electron chi connectivity index (χ3n) is 5.34. The fourth-order valence-corrected chi connectivity index (χ4v) is 3.60. The number of phenolic OH excluding ortho intramolecular Hbond substituents is 1. The number of phenols is 1. The number of aromatic hydroxyl groups is 1. The highest BCUT2D eigenvalue weighted by Crippen LogP contribution is 2.32. The summed E-state index contributed by atoms with van der Waals surface area (Å²) in [7, 11) is 0. The van der Waals surface area contributed by atoms with Gasteiger partial charge >= 0.3 is 0 Å². The topological polar surface area (TPSA) is 155 Å². The Morgan fingerprint density at radius 1 is 0.969 bits per heavy atom. The van der Waals surface area contributed by atoms with Gasteiger partial charge in [-0.2, -0.15) is 0 Å². The number of Topliss-reactive ketones (excluding diaryl/α,β-unsaturated/α-hetero) is 1. The van der Waals surface area contributed by atoms with Crippen molar-refractivity contribution in [3.63, 3.8) is 0 Å². The molecule has 10 nitrogen and oxygen atoms in total. The maximum atomic E-state index is 12.7. The summed E-state index contributed by atoms with van der Waals surface area (Å²) in [6.07, 6.45) is -7.19. The van der Waals surface area contributed by atoms with Crippen LogP contribution in [0.2, 0.25) is 0 Å². The van der Waals surface area contributed by atoms with Gasteiger partial charge in [0.05, 0.1) is 12.2 Å². The lowest BCUT2D eigenvalue weighted by atomic mass is 9.99. The van der Waals surface area contributed by atoms with Gasteiger partial charge in [0.1, 0.15) is 49.1 Å². The Morgan fingerprint density at radius 3 is 2.44 bits per heavy atom. The van der Waals surface area contributed by atoms with E-state index in [0.29, 0.717) is 30.3 Å². The third-order valence-corrected chi connectivity index (χ3v) is 5.34. The molecule has 0 aliphatic carbocycles. The summed E-state index contributed by atoms with van der Waals surface area (Å²) >= 11 is 0. The Balaban J connectivity index is 1.44. The summed E-state index contributed by atoms with van der Waals surface area (Å²) in [5, 5.41) is 49.3. The van der Waals surface area contributed by atoms with Gasteiger partial charge in [0.2, 0.25) is 6.29 Å². The Morgan fingerprint density at radius 2 is 1.72 bits per heavy atom. The standard InChI is InChI=1S/C22H24O10/c23-10-18-19(26)20(27)21(28)22(32-18)31-12-2-3-13(15(25)9-12)14(24)7-11-1-4-16-17(8-11)30-6-5-29-16/h1-4,8-9,18-23,25-28H,5-7,10H2/t18-,19+,20+,21-,22+/m0/s1. The zero-order valence-electron chi connectivity index (χ0n) is 17.0. The molecule has 1 fully saturated rings. The van der Waals surface area contributed by atoms with Crippen LogP contribution in [-0.4, -0.2) is 81.8 Å². The second-order valence-corrected chi connectivity index (χ2v) is 7.57. The van der Waals surface area contributed by atoms with E-state index >= 15 is 0 Å². The van der Waals surface area contributed by atoms with Gasteiger partial charge in [-0.05, 0) is 29.8 Å². The molecule has 2 aliphatic heterocycles. The lowest BCUT2D eigenvalue weighted by Crippen LogP contribution is -2.60. The molecule has 0 bridgehead atoms. The zero-order valence-corrected chi connectivity index (χ0v) is 17.0. The number of aliphatic hydroxyl groups is 4. The Labute approximate surface area is 183 Å². The molecule has 10 heteroatoms. The summed E-state index contributed by atoms with van der Waals surface area (Å²) in [6.45, 7) is 0.307. The lowest BCUT2D eigenvalue weighted by Gasteiger charge is -2.39. The Kier molecular flexibility index (Phi) is 6.49. The minimum atomic E-state index is -1.59. The van der Waals surface area contributed by atoms with Crippen molar-refractivity contribution in [1.29, 1.82) is 0 Å². The van der Waals surface area contributed by atoms with Gasteiger partial charge in [0.25, 0.3) is 0 Å². The largest absolute Gasteiger partial charge is 0.507 e. The molecule has 0 amide bonds. The molecular formula is C22H24O10. The first kappa shape index (κ1) is 22.3. The van der Waals surface area contributed by atoms with Crippen molar-refractivity contribution in [1.82, 2.24) is 0 Å². The van der Waals surface area contributed by atoms with E-state index in [0.717, 1.165) is 0 Å². The minimum absolute atomic E-state index is 0.0249. The number of carbonyl (C=O) groups is 1. The average molecular weight is 448 g/mol.